The van der Waals surface area contributed by atoms with Crippen molar-refractivity contribution >= 4 is 22.6 Å². The molecule has 0 saturated heterocycles. The summed E-state index contributed by atoms with van der Waals surface area (Å²) in [5.41, 5.74) is 0. The fourth-order valence-electron chi connectivity index (χ4n) is 1.41. The van der Waals surface area contributed by atoms with Gasteiger partial charge in [-0.1, -0.05) is 41.7 Å². The highest BCUT2D eigenvalue weighted by molar-refractivity contribution is 14.1. The average Bonchev–Trinajstić information content (AvgIpc) is 2.51. The Morgan fingerprint density at radius 1 is 1.62 bits per heavy atom. The number of alkyl halides is 1. The van der Waals surface area contributed by atoms with Gasteiger partial charge in [-0.25, -0.2) is 0 Å². The van der Waals surface area contributed by atoms with Crippen LogP contribution in [0.5, 0.6) is 0 Å². The topological polar surface area (TPSA) is 18.5 Å². The molecule has 0 N–H and O–H groups in total. The number of ether oxygens (including phenoxy) is 2. The van der Waals surface area contributed by atoms with E-state index in [1.165, 1.54) is 0 Å². The lowest BCUT2D eigenvalue weighted by Crippen LogP contribution is -2.27. The molecule has 2 nitrogen and oxygen atoms in total. The molecule has 1 rings (SSSR count). The number of rotatable bonds is 5. The normalized spacial score (nSPS) is 29.5. The lowest BCUT2D eigenvalue weighted by atomic mass is 10.1. The minimum absolute atomic E-state index is 0.0409. The van der Waals surface area contributed by atoms with Gasteiger partial charge in [0.25, 0.3) is 0 Å². The molecule has 0 aromatic rings. The van der Waals surface area contributed by atoms with E-state index in [2.05, 4.69) is 41.7 Å². The highest BCUT2D eigenvalue weighted by atomic mass is 127. The highest BCUT2D eigenvalue weighted by Gasteiger charge is 2.22. The molecular weight excluding hydrogens is 279 g/mol. The Morgan fingerprint density at radius 2 is 2.38 bits per heavy atom. The summed E-state index contributed by atoms with van der Waals surface area (Å²) < 4.78 is 12.1. The van der Waals surface area contributed by atoms with Crippen LogP contribution in [0, 0.1) is 5.92 Å². The number of hydrogen-bond donors (Lipinski definition) is 0. The van der Waals surface area contributed by atoms with Gasteiger partial charge in [0.05, 0.1) is 10.5 Å². The first-order valence-corrected chi connectivity index (χ1v) is 6.30. The predicted octanol–water partition coefficient (Wildman–Crippen LogP) is 2.77. The van der Waals surface area contributed by atoms with Crippen molar-refractivity contribution in [3.63, 3.8) is 0 Å². The van der Waals surface area contributed by atoms with Crippen molar-refractivity contribution in [1.29, 1.82) is 0 Å². The molecule has 0 amide bonds. The second-order valence-corrected chi connectivity index (χ2v) is 4.16. The van der Waals surface area contributed by atoms with Gasteiger partial charge in [0.1, 0.15) is 0 Å². The Balaban J connectivity index is 2.32. The largest absolute Gasteiger partial charge is 0.352 e. The quantitative estimate of drug-likeness (QED) is 0.336. The van der Waals surface area contributed by atoms with Gasteiger partial charge in [0.15, 0.2) is 6.29 Å². The Kier molecular flexibility index (Phi) is 5.28. The van der Waals surface area contributed by atoms with Crippen LogP contribution >= 0.6 is 22.6 Å². The van der Waals surface area contributed by atoms with Gasteiger partial charge < -0.3 is 9.47 Å². The molecular formula is C10H17IO2. The van der Waals surface area contributed by atoms with Gasteiger partial charge in [-0.3, -0.25) is 0 Å². The molecule has 0 aromatic carbocycles. The molecule has 3 heteroatoms. The summed E-state index contributed by atoms with van der Waals surface area (Å²) in [7, 11) is 0. The second-order valence-electron chi connectivity index (χ2n) is 3.28. The Bertz CT molecular complexity index is 170. The maximum Gasteiger partial charge on any atom is 0.167 e. The van der Waals surface area contributed by atoms with Crippen LogP contribution < -0.4 is 0 Å². The van der Waals surface area contributed by atoms with E-state index in [1.54, 1.807) is 0 Å². The molecule has 1 aliphatic rings. The molecule has 0 bridgehead atoms. The van der Waals surface area contributed by atoms with E-state index < -0.39 is 0 Å². The van der Waals surface area contributed by atoms with E-state index in [4.69, 9.17) is 9.47 Å². The molecule has 0 aliphatic heterocycles. The molecule has 0 saturated carbocycles. The fraction of sp³-hybridized carbons (Fsp3) is 0.800. The summed E-state index contributed by atoms with van der Waals surface area (Å²) in [6, 6.07) is 0. The average molecular weight is 296 g/mol. The van der Waals surface area contributed by atoms with Crippen molar-refractivity contribution in [2.75, 3.05) is 11.0 Å². The van der Waals surface area contributed by atoms with E-state index in [0.717, 1.165) is 17.5 Å². The Morgan fingerprint density at radius 3 is 2.85 bits per heavy atom. The molecule has 0 aromatic heterocycles. The van der Waals surface area contributed by atoms with Gasteiger partial charge >= 0.3 is 0 Å². The molecule has 0 fully saturated rings. The molecule has 0 heterocycles. The third-order valence-electron chi connectivity index (χ3n) is 2.18. The van der Waals surface area contributed by atoms with Crippen molar-refractivity contribution < 1.29 is 9.47 Å². The zero-order valence-corrected chi connectivity index (χ0v) is 10.4. The molecule has 0 radical (unpaired) electrons. The number of hydrogen-bond acceptors (Lipinski definition) is 2. The predicted molar refractivity (Wildman–Crippen MR) is 62.1 cm³/mol. The molecule has 76 valence electrons. The first kappa shape index (κ1) is 11.5. The summed E-state index contributed by atoms with van der Waals surface area (Å²) >= 11 is 2.29. The SMILES string of the molecule is CCOC(CI)OC1C=CCC1C. The molecule has 0 spiro atoms. The van der Waals surface area contributed by atoms with Crippen LogP contribution in [-0.2, 0) is 9.47 Å². The van der Waals surface area contributed by atoms with Crippen LogP contribution in [-0.4, -0.2) is 23.4 Å². The summed E-state index contributed by atoms with van der Waals surface area (Å²) in [5, 5.41) is 0. The van der Waals surface area contributed by atoms with E-state index in [1.807, 2.05) is 6.92 Å². The summed E-state index contributed by atoms with van der Waals surface area (Å²) in [5.74, 6) is 0.603. The third kappa shape index (κ3) is 3.56. The van der Waals surface area contributed by atoms with Crippen molar-refractivity contribution in [2.45, 2.75) is 32.7 Å². The summed E-state index contributed by atoms with van der Waals surface area (Å²) in [6.07, 6.45) is 5.67. The second kappa shape index (κ2) is 5.98. The Labute approximate surface area is 93.8 Å². The fourth-order valence-corrected chi connectivity index (χ4v) is 1.87. The van der Waals surface area contributed by atoms with Gasteiger partial charge in [-0.15, -0.1) is 0 Å². The highest BCUT2D eigenvalue weighted by Crippen LogP contribution is 2.22. The van der Waals surface area contributed by atoms with E-state index in [-0.39, 0.29) is 12.4 Å². The molecule has 3 unspecified atom stereocenters. The van der Waals surface area contributed by atoms with Crippen molar-refractivity contribution in [3.05, 3.63) is 12.2 Å². The summed E-state index contributed by atoms with van der Waals surface area (Å²) in [6.45, 7) is 4.93. The smallest absolute Gasteiger partial charge is 0.167 e. The van der Waals surface area contributed by atoms with Gasteiger partial charge in [0, 0.05) is 6.61 Å². The summed E-state index contributed by atoms with van der Waals surface area (Å²) in [4.78, 5) is 0. The van der Waals surface area contributed by atoms with Crippen LogP contribution in [0.4, 0.5) is 0 Å². The first-order valence-electron chi connectivity index (χ1n) is 4.77. The maximum absolute atomic E-state index is 5.80. The molecule has 1 aliphatic carbocycles. The number of halogens is 1. The van der Waals surface area contributed by atoms with Crippen molar-refractivity contribution in [1.82, 2.24) is 0 Å². The zero-order chi connectivity index (χ0) is 9.68. The third-order valence-corrected chi connectivity index (χ3v) is 2.90. The first-order chi connectivity index (χ1) is 6.27. The minimum atomic E-state index is -0.0409. The lowest BCUT2D eigenvalue weighted by molar-refractivity contribution is -0.148. The zero-order valence-electron chi connectivity index (χ0n) is 8.20. The van der Waals surface area contributed by atoms with E-state index in [0.29, 0.717) is 5.92 Å². The van der Waals surface area contributed by atoms with Gasteiger partial charge in [0.2, 0.25) is 0 Å². The van der Waals surface area contributed by atoms with Crippen LogP contribution in [0.15, 0.2) is 12.2 Å². The van der Waals surface area contributed by atoms with E-state index in [9.17, 15) is 0 Å². The van der Waals surface area contributed by atoms with Crippen molar-refractivity contribution in [3.8, 4) is 0 Å². The molecule has 13 heavy (non-hydrogen) atoms. The van der Waals surface area contributed by atoms with Crippen molar-refractivity contribution in [2.24, 2.45) is 5.92 Å². The van der Waals surface area contributed by atoms with Gasteiger partial charge in [-0.2, -0.15) is 0 Å². The maximum atomic E-state index is 5.80. The Hall–Kier alpha value is 0.390. The van der Waals surface area contributed by atoms with Crippen LogP contribution in [0.2, 0.25) is 0 Å². The lowest BCUT2D eigenvalue weighted by Gasteiger charge is -2.22. The monoisotopic (exact) mass is 296 g/mol. The van der Waals surface area contributed by atoms with Gasteiger partial charge in [-0.05, 0) is 19.3 Å². The van der Waals surface area contributed by atoms with E-state index >= 15 is 0 Å². The minimum Gasteiger partial charge on any atom is -0.352 e. The number of allylic oxidation sites excluding steroid dienone is 1. The van der Waals surface area contributed by atoms with Crippen LogP contribution in [0.1, 0.15) is 20.3 Å². The van der Waals surface area contributed by atoms with Crippen LogP contribution in [0.3, 0.4) is 0 Å². The van der Waals surface area contributed by atoms with Crippen LogP contribution in [0.25, 0.3) is 0 Å². The molecule has 3 atom stereocenters. The standard InChI is InChI=1S/C10H17IO2/c1-3-12-10(7-11)13-9-6-4-5-8(9)2/h4,6,8-10H,3,5,7H2,1-2H3.